The highest BCUT2D eigenvalue weighted by molar-refractivity contribution is 6.31. The number of carbonyl (C=O) groups excluding carboxylic acids is 2. The Labute approximate surface area is 205 Å². The number of methoxy groups -OCH3 is 1. The molecule has 0 spiro atoms. The fourth-order valence-electron chi connectivity index (χ4n) is 4.23. The zero-order chi connectivity index (χ0) is 23.8. The third-order valence-electron chi connectivity index (χ3n) is 5.92. The minimum absolute atomic E-state index is 0.0181. The number of aryl methyl sites for hydroxylation is 2. The van der Waals surface area contributed by atoms with Crippen LogP contribution in [0.5, 0.6) is 0 Å². The third kappa shape index (κ3) is 6.81. The molecule has 1 aromatic carbocycles. The smallest absolute Gasteiger partial charge is 0.305 e. The van der Waals surface area contributed by atoms with E-state index < -0.39 is 0 Å². The van der Waals surface area contributed by atoms with E-state index >= 15 is 0 Å². The van der Waals surface area contributed by atoms with Gasteiger partial charge in [-0.15, -0.1) is 0 Å². The molecule has 0 aliphatic heterocycles. The second-order valence-corrected chi connectivity index (χ2v) is 9.18. The number of Topliss-reactive ketones (excluding diaryl/α,β-unsaturated/α-hetero) is 1. The molecular formula is C26H30Cl2N2O3. The van der Waals surface area contributed by atoms with Gasteiger partial charge in [0.15, 0.2) is 5.78 Å². The lowest BCUT2D eigenvalue weighted by Gasteiger charge is -2.08. The van der Waals surface area contributed by atoms with Crippen molar-refractivity contribution in [2.24, 2.45) is 7.05 Å². The van der Waals surface area contributed by atoms with E-state index in [0.717, 1.165) is 60.3 Å². The van der Waals surface area contributed by atoms with Gasteiger partial charge in [-0.3, -0.25) is 9.59 Å². The molecule has 0 fully saturated rings. The maximum Gasteiger partial charge on any atom is 0.305 e. The highest BCUT2D eigenvalue weighted by Gasteiger charge is 2.22. The van der Waals surface area contributed by atoms with Crippen LogP contribution in [-0.2, 0) is 29.4 Å². The summed E-state index contributed by atoms with van der Waals surface area (Å²) in [5.74, 6) is -0.284. The van der Waals surface area contributed by atoms with Gasteiger partial charge in [0, 0.05) is 47.8 Å². The van der Waals surface area contributed by atoms with Crippen molar-refractivity contribution in [3.8, 4) is 0 Å². The summed E-state index contributed by atoms with van der Waals surface area (Å²) in [6, 6.07) is 9.82. The highest BCUT2D eigenvalue weighted by Crippen LogP contribution is 2.29. The van der Waals surface area contributed by atoms with Crippen LogP contribution < -0.4 is 0 Å². The Balaban J connectivity index is 1.64. The number of halogens is 2. The van der Waals surface area contributed by atoms with Gasteiger partial charge in [-0.05, 0) is 55.9 Å². The van der Waals surface area contributed by atoms with Gasteiger partial charge in [-0.2, -0.15) is 0 Å². The lowest BCUT2D eigenvalue weighted by molar-refractivity contribution is -0.140. The minimum Gasteiger partial charge on any atom is -0.469 e. The van der Waals surface area contributed by atoms with Gasteiger partial charge in [0.05, 0.1) is 12.1 Å². The second kappa shape index (κ2) is 12.2. The zero-order valence-corrected chi connectivity index (χ0v) is 20.7. The number of esters is 1. The van der Waals surface area contributed by atoms with E-state index in [1.165, 1.54) is 12.7 Å². The number of ether oxygens (including phenoxy) is 1. The molecule has 0 bridgehead atoms. The predicted octanol–water partition coefficient (Wildman–Crippen LogP) is 6.75. The standard InChI is InChI=1S/C26H30Cl2N2O3/c1-30-22(12-6-4-3-5-9-18-10-7-11-19(27)15-18)25(21-16-20(28)17-29-26(21)30)23(31)13-8-14-24(32)33-2/h7,10-11,15-17H,3-6,8-9,12-14H2,1-2H3. The Bertz CT molecular complexity index is 1120. The molecule has 3 rings (SSSR count). The predicted molar refractivity (Wildman–Crippen MR) is 133 cm³/mol. The van der Waals surface area contributed by atoms with Crippen molar-refractivity contribution in [2.45, 2.75) is 57.8 Å². The summed E-state index contributed by atoms with van der Waals surface area (Å²) >= 11 is 12.3. The summed E-state index contributed by atoms with van der Waals surface area (Å²) in [4.78, 5) is 29.0. The lowest BCUT2D eigenvalue weighted by atomic mass is 9.99. The number of hydrogen-bond acceptors (Lipinski definition) is 4. The number of rotatable bonds is 12. The second-order valence-electron chi connectivity index (χ2n) is 8.30. The molecule has 0 radical (unpaired) electrons. The molecule has 5 nitrogen and oxygen atoms in total. The first-order valence-electron chi connectivity index (χ1n) is 11.4. The van der Waals surface area contributed by atoms with Crippen molar-refractivity contribution < 1.29 is 14.3 Å². The normalized spacial score (nSPS) is 11.2. The zero-order valence-electron chi connectivity index (χ0n) is 19.2. The SMILES string of the molecule is COC(=O)CCCC(=O)c1c(CCCCCCc2cccc(Cl)c2)n(C)c2ncc(Cl)cc12. The quantitative estimate of drug-likeness (QED) is 0.160. The third-order valence-corrected chi connectivity index (χ3v) is 6.36. The molecule has 0 atom stereocenters. The van der Waals surface area contributed by atoms with Crippen LogP contribution in [0.4, 0.5) is 0 Å². The molecule has 0 amide bonds. The first-order valence-corrected chi connectivity index (χ1v) is 12.1. The number of ketones is 1. The van der Waals surface area contributed by atoms with Crippen molar-refractivity contribution in [3.63, 3.8) is 0 Å². The van der Waals surface area contributed by atoms with Gasteiger partial charge < -0.3 is 9.30 Å². The molecule has 7 heteroatoms. The molecule has 2 aromatic heterocycles. The average molecular weight is 489 g/mol. The van der Waals surface area contributed by atoms with Crippen LogP contribution in [0.2, 0.25) is 10.0 Å². The van der Waals surface area contributed by atoms with E-state index in [2.05, 4.69) is 15.8 Å². The number of carbonyl (C=O) groups is 2. The number of fused-ring (bicyclic) bond motifs is 1. The van der Waals surface area contributed by atoms with Crippen molar-refractivity contribution in [1.82, 2.24) is 9.55 Å². The van der Waals surface area contributed by atoms with Crippen LogP contribution in [0.25, 0.3) is 11.0 Å². The summed E-state index contributed by atoms with van der Waals surface area (Å²) in [6.07, 6.45) is 8.66. The van der Waals surface area contributed by atoms with Crippen LogP contribution in [-0.4, -0.2) is 28.4 Å². The Kier molecular flexibility index (Phi) is 9.33. The molecule has 33 heavy (non-hydrogen) atoms. The first kappa shape index (κ1) is 25.3. The summed E-state index contributed by atoms with van der Waals surface area (Å²) in [5.41, 5.74) is 3.69. The molecule has 0 N–H and O–H groups in total. The highest BCUT2D eigenvalue weighted by atomic mass is 35.5. The fourth-order valence-corrected chi connectivity index (χ4v) is 4.60. The maximum absolute atomic E-state index is 13.1. The monoisotopic (exact) mass is 488 g/mol. The summed E-state index contributed by atoms with van der Waals surface area (Å²) in [7, 11) is 3.30. The number of pyridine rings is 1. The Hall–Kier alpha value is -2.37. The molecule has 0 saturated carbocycles. The summed E-state index contributed by atoms with van der Waals surface area (Å²) in [6.45, 7) is 0. The number of nitrogens with zero attached hydrogens (tertiary/aromatic N) is 2. The lowest BCUT2D eigenvalue weighted by Crippen LogP contribution is -2.07. The number of hydrogen-bond donors (Lipinski definition) is 0. The molecule has 176 valence electrons. The van der Waals surface area contributed by atoms with E-state index in [9.17, 15) is 9.59 Å². The van der Waals surface area contributed by atoms with Crippen molar-refractivity contribution >= 4 is 46.0 Å². The van der Waals surface area contributed by atoms with E-state index in [1.54, 1.807) is 6.20 Å². The minimum atomic E-state index is -0.302. The number of unbranched alkanes of at least 4 members (excludes halogenated alkanes) is 3. The molecule has 0 unspecified atom stereocenters. The van der Waals surface area contributed by atoms with Gasteiger partial charge in [0.2, 0.25) is 0 Å². The topological polar surface area (TPSA) is 61.2 Å². The van der Waals surface area contributed by atoms with Crippen LogP contribution in [0, 0.1) is 0 Å². The average Bonchev–Trinajstić information content (AvgIpc) is 3.06. The molecular weight excluding hydrogens is 459 g/mol. The van der Waals surface area contributed by atoms with E-state index in [0.29, 0.717) is 17.0 Å². The van der Waals surface area contributed by atoms with Gasteiger partial charge in [-0.1, -0.05) is 48.2 Å². The van der Waals surface area contributed by atoms with Crippen LogP contribution in [0.15, 0.2) is 36.5 Å². The van der Waals surface area contributed by atoms with Crippen LogP contribution in [0.1, 0.15) is 66.6 Å². The molecule has 3 aromatic rings. The summed E-state index contributed by atoms with van der Waals surface area (Å²) in [5, 5.41) is 2.06. The van der Waals surface area contributed by atoms with Crippen LogP contribution in [0.3, 0.4) is 0 Å². The number of benzene rings is 1. The Morgan fingerprint density at radius 3 is 2.45 bits per heavy atom. The molecule has 0 aliphatic rings. The summed E-state index contributed by atoms with van der Waals surface area (Å²) < 4.78 is 6.69. The largest absolute Gasteiger partial charge is 0.469 e. The van der Waals surface area contributed by atoms with Gasteiger partial charge >= 0.3 is 5.97 Å². The molecule has 0 aliphatic carbocycles. The van der Waals surface area contributed by atoms with E-state index in [1.807, 2.05) is 35.9 Å². The Morgan fingerprint density at radius 1 is 0.970 bits per heavy atom. The van der Waals surface area contributed by atoms with Gasteiger partial charge in [-0.25, -0.2) is 4.98 Å². The van der Waals surface area contributed by atoms with E-state index in [4.69, 9.17) is 23.2 Å². The van der Waals surface area contributed by atoms with Gasteiger partial charge in [0.1, 0.15) is 5.65 Å². The van der Waals surface area contributed by atoms with Crippen LogP contribution >= 0.6 is 23.2 Å². The van der Waals surface area contributed by atoms with Crippen molar-refractivity contribution in [1.29, 1.82) is 0 Å². The van der Waals surface area contributed by atoms with Crippen molar-refractivity contribution in [3.05, 3.63) is 63.4 Å². The molecule has 0 saturated heterocycles. The van der Waals surface area contributed by atoms with Crippen molar-refractivity contribution in [2.75, 3.05) is 7.11 Å². The first-order chi connectivity index (χ1) is 15.9. The fraction of sp³-hybridized carbons (Fsp3) is 0.423. The number of aromatic nitrogens is 2. The van der Waals surface area contributed by atoms with E-state index in [-0.39, 0.29) is 24.6 Å². The Morgan fingerprint density at radius 2 is 1.73 bits per heavy atom. The molecule has 2 heterocycles. The maximum atomic E-state index is 13.1. The van der Waals surface area contributed by atoms with Gasteiger partial charge in [0.25, 0.3) is 0 Å².